The molecule has 1 amide bonds. The third kappa shape index (κ3) is 4.53. The van der Waals surface area contributed by atoms with Gasteiger partial charge in [0.05, 0.1) is 10.9 Å². The monoisotopic (exact) mass is 454 g/mol. The third-order valence-corrected chi connectivity index (χ3v) is 7.20. The number of nitrogens with one attached hydrogen (secondary N) is 2. The number of nitrogens with zero attached hydrogens (tertiary/aromatic N) is 1. The van der Waals surface area contributed by atoms with Gasteiger partial charge in [0.1, 0.15) is 5.82 Å². The first-order valence-electron chi connectivity index (χ1n) is 11.2. The molecule has 3 heterocycles. The van der Waals surface area contributed by atoms with Gasteiger partial charge in [0, 0.05) is 35.6 Å². The van der Waals surface area contributed by atoms with E-state index in [-0.39, 0.29) is 17.7 Å². The summed E-state index contributed by atoms with van der Waals surface area (Å²) >= 11 is 1.62. The van der Waals surface area contributed by atoms with E-state index in [1.807, 2.05) is 60.8 Å². The second kappa shape index (κ2) is 9.57. The van der Waals surface area contributed by atoms with Gasteiger partial charge in [-0.05, 0) is 35.2 Å². The predicted octanol–water partition coefficient (Wildman–Crippen LogP) is 5.12. The van der Waals surface area contributed by atoms with E-state index in [1.54, 1.807) is 11.3 Å². The van der Waals surface area contributed by atoms with Gasteiger partial charge in [-0.2, -0.15) is 0 Å². The van der Waals surface area contributed by atoms with Crippen LogP contribution in [-0.4, -0.2) is 24.0 Å². The predicted molar refractivity (Wildman–Crippen MR) is 136 cm³/mol. The fraction of sp³-hybridized carbons (Fsp3) is 0.185. The number of hydrogen-bond donors (Lipinski definition) is 3. The van der Waals surface area contributed by atoms with Crippen LogP contribution in [0.2, 0.25) is 0 Å². The summed E-state index contributed by atoms with van der Waals surface area (Å²) in [5.74, 6) is 0.793. The largest absolute Gasteiger partial charge is 0.369 e. The van der Waals surface area contributed by atoms with E-state index in [4.69, 9.17) is 5.73 Å². The van der Waals surface area contributed by atoms with Crippen LogP contribution in [0.5, 0.6) is 0 Å². The maximum atomic E-state index is 13.1. The lowest BCUT2D eigenvalue weighted by Crippen LogP contribution is -2.30. The maximum Gasteiger partial charge on any atom is 0.229 e. The van der Waals surface area contributed by atoms with Crippen LogP contribution in [0.3, 0.4) is 0 Å². The Hall–Kier alpha value is -3.48. The van der Waals surface area contributed by atoms with E-state index < -0.39 is 0 Å². The van der Waals surface area contributed by atoms with Crippen molar-refractivity contribution in [3.05, 3.63) is 102 Å². The molecule has 4 N–H and O–H groups in total. The molecule has 2 aromatic carbocycles. The van der Waals surface area contributed by atoms with Crippen LogP contribution in [-0.2, 0) is 11.2 Å². The normalized spacial score (nSPS) is 15.5. The second-order valence-corrected chi connectivity index (χ2v) is 9.30. The Kier molecular flexibility index (Phi) is 6.19. The van der Waals surface area contributed by atoms with E-state index in [0.717, 1.165) is 28.5 Å². The van der Waals surface area contributed by atoms with E-state index in [2.05, 4.69) is 39.9 Å². The zero-order valence-electron chi connectivity index (χ0n) is 18.2. The van der Waals surface area contributed by atoms with Crippen molar-refractivity contribution >= 4 is 28.1 Å². The van der Waals surface area contributed by atoms with E-state index in [1.165, 1.54) is 16.0 Å². The van der Waals surface area contributed by atoms with Crippen LogP contribution in [0.4, 0.5) is 10.8 Å². The number of amides is 1. The molecule has 0 aliphatic carbocycles. The Bertz CT molecular complexity index is 1240. The van der Waals surface area contributed by atoms with Crippen molar-refractivity contribution < 1.29 is 4.79 Å². The van der Waals surface area contributed by atoms with E-state index in [9.17, 15) is 4.79 Å². The first-order valence-corrected chi connectivity index (χ1v) is 12.0. The van der Waals surface area contributed by atoms with Crippen molar-refractivity contribution in [1.29, 1.82) is 0 Å². The lowest BCUT2D eigenvalue weighted by Gasteiger charge is -2.14. The Balaban J connectivity index is 1.44. The molecule has 1 aliphatic rings. The van der Waals surface area contributed by atoms with Crippen molar-refractivity contribution in [3.8, 4) is 10.4 Å². The average Bonchev–Trinajstić information content (AvgIpc) is 3.47. The summed E-state index contributed by atoms with van der Waals surface area (Å²) in [5, 5.41) is 7.42. The van der Waals surface area contributed by atoms with Crippen LogP contribution in [0, 0.1) is 5.92 Å². The van der Waals surface area contributed by atoms with Crippen LogP contribution in [0.15, 0.2) is 85.1 Å². The molecule has 2 aromatic heterocycles. The molecule has 0 spiro atoms. The molecule has 2 atom stereocenters. The fourth-order valence-electron chi connectivity index (χ4n) is 4.38. The fourth-order valence-corrected chi connectivity index (χ4v) is 5.51. The van der Waals surface area contributed by atoms with Crippen LogP contribution >= 0.6 is 11.3 Å². The number of pyridine rings is 1. The van der Waals surface area contributed by atoms with Gasteiger partial charge in [0.2, 0.25) is 5.91 Å². The van der Waals surface area contributed by atoms with Gasteiger partial charge in [-0.1, -0.05) is 66.7 Å². The minimum Gasteiger partial charge on any atom is -0.369 e. The van der Waals surface area contributed by atoms with E-state index in [0.29, 0.717) is 13.0 Å². The molecular weight excluding hydrogens is 428 g/mol. The average molecular weight is 455 g/mol. The summed E-state index contributed by atoms with van der Waals surface area (Å²) in [7, 11) is 0. The Morgan fingerprint density at radius 3 is 2.58 bits per heavy atom. The second-order valence-electron chi connectivity index (χ2n) is 8.25. The number of carbonyl (C=O) groups excluding carboxylic acids is 1. The molecule has 0 bridgehead atoms. The molecule has 0 radical (unpaired) electrons. The van der Waals surface area contributed by atoms with Crippen LogP contribution in [0.25, 0.3) is 10.4 Å². The number of carbonyl (C=O) groups is 1. The molecule has 5 rings (SSSR count). The standard InChI is InChI=1S/C27H26N4OS/c28-16-20(14-18-8-3-1-4-9-18)27(32)31-24-15-22(25(33-24)19-10-5-2-6-11-19)23-17-30-26-21(23)12-7-13-29-26/h1-13,15,20,23H,14,16-17,28H2,(H,29,30)(H,31,32). The number of thiophene rings is 1. The Morgan fingerprint density at radius 2 is 1.82 bits per heavy atom. The maximum absolute atomic E-state index is 13.1. The van der Waals surface area contributed by atoms with Gasteiger partial charge in [-0.25, -0.2) is 4.98 Å². The molecule has 0 fully saturated rings. The van der Waals surface area contributed by atoms with Crippen molar-refractivity contribution in [2.24, 2.45) is 11.7 Å². The van der Waals surface area contributed by atoms with Gasteiger partial charge in [0.25, 0.3) is 0 Å². The van der Waals surface area contributed by atoms with Gasteiger partial charge in [-0.15, -0.1) is 11.3 Å². The lowest BCUT2D eigenvalue weighted by molar-refractivity contribution is -0.119. The molecule has 0 saturated heterocycles. The van der Waals surface area contributed by atoms with E-state index >= 15 is 0 Å². The molecule has 6 heteroatoms. The molecular formula is C27H26N4OS. The zero-order chi connectivity index (χ0) is 22.6. The molecule has 166 valence electrons. The lowest BCUT2D eigenvalue weighted by atomic mass is 9.93. The number of fused-ring (bicyclic) bond motifs is 1. The number of rotatable bonds is 7. The molecule has 2 unspecified atom stereocenters. The highest BCUT2D eigenvalue weighted by molar-refractivity contribution is 7.19. The zero-order valence-corrected chi connectivity index (χ0v) is 19.0. The van der Waals surface area contributed by atoms with Gasteiger partial charge >= 0.3 is 0 Å². The van der Waals surface area contributed by atoms with Crippen LogP contribution < -0.4 is 16.4 Å². The van der Waals surface area contributed by atoms with Gasteiger partial charge < -0.3 is 16.4 Å². The first-order chi connectivity index (χ1) is 16.2. The molecule has 1 aliphatic heterocycles. The highest BCUT2D eigenvalue weighted by atomic mass is 32.1. The van der Waals surface area contributed by atoms with Gasteiger partial charge in [-0.3, -0.25) is 4.79 Å². The summed E-state index contributed by atoms with van der Waals surface area (Å²) in [6.45, 7) is 1.09. The number of hydrogen-bond acceptors (Lipinski definition) is 5. The smallest absolute Gasteiger partial charge is 0.229 e. The SMILES string of the molecule is NCC(Cc1ccccc1)C(=O)Nc1cc(C2CNc3ncccc32)c(-c2ccccc2)s1. The summed E-state index contributed by atoms with van der Waals surface area (Å²) in [5.41, 5.74) is 10.6. The summed E-state index contributed by atoms with van der Waals surface area (Å²) in [6, 6.07) is 26.6. The summed E-state index contributed by atoms with van der Waals surface area (Å²) in [6.07, 6.45) is 2.43. The highest BCUT2D eigenvalue weighted by Gasteiger charge is 2.29. The van der Waals surface area contributed by atoms with Crippen molar-refractivity contribution in [2.45, 2.75) is 12.3 Å². The minimum absolute atomic E-state index is 0.0413. The highest BCUT2D eigenvalue weighted by Crippen LogP contribution is 2.45. The minimum atomic E-state index is -0.281. The number of benzene rings is 2. The number of anilines is 2. The van der Waals surface area contributed by atoms with Crippen molar-refractivity contribution in [3.63, 3.8) is 0 Å². The van der Waals surface area contributed by atoms with Crippen molar-refractivity contribution in [1.82, 2.24) is 4.98 Å². The molecule has 33 heavy (non-hydrogen) atoms. The summed E-state index contributed by atoms with van der Waals surface area (Å²) in [4.78, 5) is 18.8. The summed E-state index contributed by atoms with van der Waals surface area (Å²) < 4.78 is 0. The quantitative estimate of drug-likeness (QED) is 0.362. The Labute approximate surface area is 197 Å². The number of aromatic nitrogens is 1. The van der Waals surface area contributed by atoms with Crippen LogP contribution in [0.1, 0.15) is 22.6 Å². The first kappa shape index (κ1) is 21.4. The van der Waals surface area contributed by atoms with Crippen molar-refractivity contribution in [2.75, 3.05) is 23.7 Å². The Morgan fingerprint density at radius 1 is 1.06 bits per heavy atom. The topological polar surface area (TPSA) is 80.0 Å². The molecule has 0 saturated carbocycles. The molecule has 5 nitrogen and oxygen atoms in total. The molecule has 4 aromatic rings. The number of nitrogens with two attached hydrogens (primary N) is 1. The third-order valence-electron chi connectivity index (χ3n) is 6.09. The van der Waals surface area contributed by atoms with Gasteiger partial charge in [0.15, 0.2) is 0 Å².